The van der Waals surface area contributed by atoms with Crippen molar-refractivity contribution in [1.29, 1.82) is 0 Å². The van der Waals surface area contributed by atoms with Gasteiger partial charge in [-0.05, 0) is 37.0 Å². The van der Waals surface area contributed by atoms with E-state index in [1.54, 1.807) is 11.8 Å². The Morgan fingerprint density at radius 3 is 2.76 bits per heavy atom. The van der Waals surface area contributed by atoms with Crippen LogP contribution in [0, 0.1) is 0 Å². The highest BCUT2D eigenvalue weighted by atomic mass is 16.2. The van der Waals surface area contributed by atoms with Gasteiger partial charge in [-0.1, -0.05) is 12.1 Å². The lowest BCUT2D eigenvalue weighted by Crippen LogP contribution is -2.49. The van der Waals surface area contributed by atoms with E-state index in [1.807, 2.05) is 24.2 Å². The number of piperidine rings is 1. The average Bonchev–Trinajstić information content (AvgIpc) is 3.10. The van der Waals surface area contributed by atoms with Crippen molar-refractivity contribution in [2.75, 3.05) is 26.7 Å². The molecule has 0 spiro atoms. The van der Waals surface area contributed by atoms with Gasteiger partial charge < -0.3 is 20.1 Å². The lowest BCUT2D eigenvalue weighted by molar-refractivity contribution is -0.130. The van der Waals surface area contributed by atoms with Gasteiger partial charge >= 0.3 is 6.03 Å². The SMILES string of the molecule is CC(=O)N(C)C1CCN(C(=O)NCCc2cccc3[nH]ccc23)CC1. The van der Waals surface area contributed by atoms with Crippen LogP contribution < -0.4 is 5.32 Å². The van der Waals surface area contributed by atoms with E-state index >= 15 is 0 Å². The number of amides is 3. The Labute approximate surface area is 148 Å². The van der Waals surface area contributed by atoms with Crippen LogP contribution in [-0.2, 0) is 11.2 Å². The number of urea groups is 1. The van der Waals surface area contributed by atoms with E-state index in [2.05, 4.69) is 28.5 Å². The van der Waals surface area contributed by atoms with Crippen LogP contribution in [0.25, 0.3) is 10.9 Å². The summed E-state index contributed by atoms with van der Waals surface area (Å²) in [7, 11) is 1.84. The third-order valence-corrected chi connectivity index (χ3v) is 5.15. The molecule has 2 aromatic rings. The molecule has 1 aliphatic rings. The second kappa shape index (κ2) is 7.59. The molecule has 0 bridgehead atoms. The predicted molar refractivity (Wildman–Crippen MR) is 98.4 cm³/mol. The molecule has 1 aromatic carbocycles. The molecule has 3 amide bonds. The minimum atomic E-state index is -0.00910. The number of fused-ring (bicyclic) bond motifs is 1. The first kappa shape index (κ1) is 17.3. The van der Waals surface area contributed by atoms with E-state index in [1.165, 1.54) is 10.9 Å². The number of hydrogen-bond acceptors (Lipinski definition) is 2. The van der Waals surface area contributed by atoms with Crippen LogP contribution in [0.15, 0.2) is 30.5 Å². The van der Waals surface area contributed by atoms with Crippen LogP contribution >= 0.6 is 0 Å². The van der Waals surface area contributed by atoms with Crippen LogP contribution in [0.1, 0.15) is 25.3 Å². The summed E-state index contributed by atoms with van der Waals surface area (Å²) in [4.78, 5) is 30.6. The highest BCUT2D eigenvalue weighted by Crippen LogP contribution is 2.18. The maximum atomic E-state index is 12.3. The largest absolute Gasteiger partial charge is 0.361 e. The van der Waals surface area contributed by atoms with Gasteiger partial charge in [-0.15, -0.1) is 0 Å². The van der Waals surface area contributed by atoms with Gasteiger partial charge in [0.2, 0.25) is 5.91 Å². The summed E-state index contributed by atoms with van der Waals surface area (Å²) in [6.07, 6.45) is 4.43. The van der Waals surface area contributed by atoms with Gasteiger partial charge in [0, 0.05) is 56.7 Å². The number of nitrogens with zero attached hydrogens (tertiary/aromatic N) is 2. The summed E-state index contributed by atoms with van der Waals surface area (Å²) >= 11 is 0. The molecule has 25 heavy (non-hydrogen) atoms. The maximum Gasteiger partial charge on any atom is 0.317 e. The molecule has 1 saturated heterocycles. The van der Waals surface area contributed by atoms with E-state index in [4.69, 9.17) is 0 Å². The van der Waals surface area contributed by atoms with Gasteiger partial charge in [-0.3, -0.25) is 4.79 Å². The Morgan fingerprint density at radius 2 is 2.04 bits per heavy atom. The van der Waals surface area contributed by atoms with Crippen LogP contribution in [0.2, 0.25) is 0 Å². The zero-order valence-electron chi connectivity index (χ0n) is 14.9. The Hall–Kier alpha value is -2.50. The number of hydrogen-bond donors (Lipinski definition) is 2. The van der Waals surface area contributed by atoms with Gasteiger partial charge in [0.25, 0.3) is 0 Å². The molecule has 0 unspecified atom stereocenters. The van der Waals surface area contributed by atoms with Crippen molar-refractivity contribution in [3.05, 3.63) is 36.0 Å². The topological polar surface area (TPSA) is 68.4 Å². The Balaban J connectivity index is 1.46. The first-order valence-electron chi connectivity index (χ1n) is 8.87. The quantitative estimate of drug-likeness (QED) is 0.896. The number of H-pyrrole nitrogens is 1. The number of benzene rings is 1. The van der Waals surface area contributed by atoms with Gasteiger partial charge in [0.15, 0.2) is 0 Å². The molecule has 2 N–H and O–H groups in total. The van der Waals surface area contributed by atoms with E-state index in [9.17, 15) is 9.59 Å². The maximum absolute atomic E-state index is 12.3. The number of aromatic amines is 1. The molecule has 6 nitrogen and oxygen atoms in total. The van der Waals surface area contributed by atoms with E-state index in [-0.39, 0.29) is 18.0 Å². The van der Waals surface area contributed by atoms with Crippen molar-refractivity contribution in [3.63, 3.8) is 0 Å². The summed E-state index contributed by atoms with van der Waals surface area (Å²) in [6.45, 7) is 3.60. The van der Waals surface area contributed by atoms with Crippen LogP contribution in [0.5, 0.6) is 0 Å². The molecule has 6 heteroatoms. The van der Waals surface area contributed by atoms with Crippen molar-refractivity contribution < 1.29 is 9.59 Å². The summed E-state index contributed by atoms with van der Waals surface area (Å²) in [5, 5.41) is 4.23. The van der Waals surface area contributed by atoms with Gasteiger partial charge in [0.05, 0.1) is 0 Å². The molecule has 1 fully saturated rings. The molecule has 0 atom stereocenters. The predicted octanol–water partition coefficient (Wildman–Crippen LogP) is 2.36. The van der Waals surface area contributed by atoms with Crippen LogP contribution in [0.3, 0.4) is 0 Å². The minimum absolute atomic E-state index is 0.00910. The summed E-state index contributed by atoms with van der Waals surface area (Å²) < 4.78 is 0. The molecule has 0 radical (unpaired) electrons. The summed E-state index contributed by atoms with van der Waals surface area (Å²) in [5.74, 6) is 0.0850. The molecule has 0 aliphatic carbocycles. The first-order chi connectivity index (χ1) is 12.1. The number of carbonyl (C=O) groups is 2. The van der Waals surface area contributed by atoms with Crippen LogP contribution in [-0.4, -0.2) is 59.4 Å². The lowest BCUT2D eigenvalue weighted by atomic mass is 10.0. The highest BCUT2D eigenvalue weighted by molar-refractivity contribution is 5.83. The second-order valence-corrected chi connectivity index (χ2v) is 6.69. The monoisotopic (exact) mass is 342 g/mol. The number of aromatic nitrogens is 1. The van der Waals surface area contributed by atoms with Crippen molar-refractivity contribution in [2.45, 2.75) is 32.2 Å². The standard InChI is InChI=1S/C19H26N4O2/c1-14(24)22(2)16-8-12-23(13-9-16)19(25)21-10-6-15-4-3-5-18-17(15)7-11-20-18/h3-5,7,11,16,20H,6,8-10,12-13H2,1-2H3,(H,21,25). The smallest absolute Gasteiger partial charge is 0.317 e. The number of likely N-dealkylation sites (tertiary alicyclic amines) is 1. The first-order valence-corrected chi connectivity index (χ1v) is 8.87. The molecular weight excluding hydrogens is 316 g/mol. The second-order valence-electron chi connectivity index (χ2n) is 6.69. The number of rotatable bonds is 4. The number of carbonyl (C=O) groups excluding carboxylic acids is 2. The normalized spacial score (nSPS) is 15.4. The third-order valence-electron chi connectivity index (χ3n) is 5.15. The Morgan fingerprint density at radius 1 is 1.28 bits per heavy atom. The van der Waals surface area contributed by atoms with E-state index < -0.39 is 0 Å². The van der Waals surface area contributed by atoms with Crippen molar-refractivity contribution in [1.82, 2.24) is 20.1 Å². The van der Waals surface area contributed by atoms with Crippen LogP contribution in [0.4, 0.5) is 4.79 Å². The van der Waals surface area contributed by atoms with Crippen molar-refractivity contribution in [3.8, 4) is 0 Å². The average molecular weight is 342 g/mol. The fourth-order valence-electron chi connectivity index (χ4n) is 3.50. The summed E-state index contributed by atoms with van der Waals surface area (Å²) in [5.41, 5.74) is 2.36. The lowest BCUT2D eigenvalue weighted by Gasteiger charge is -2.36. The fourth-order valence-corrected chi connectivity index (χ4v) is 3.50. The van der Waals surface area contributed by atoms with E-state index in [0.717, 1.165) is 24.8 Å². The minimum Gasteiger partial charge on any atom is -0.361 e. The highest BCUT2D eigenvalue weighted by Gasteiger charge is 2.26. The third kappa shape index (κ3) is 3.95. The molecule has 1 aromatic heterocycles. The molecular formula is C19H26N4O2. The zero-order chi connectivity index (χ0) is 17.8. The molecule has 1 aliphatic heterocycles. The molecule has 2 heterocycles. The van der Waals surface area contributed by atoms with Gasteiger partial charge in [-0.2, -0.15) is 0 Å². The van der Waals surface area contributed by atoms with E-state index in [0.29, 0.717) is 19.6 Å². The zero-order valence-corrected chi connectivity index (χ0v) is 14.9. The molecule has 134 valence electrons. The summed E-state index contributed by atoms with van der Waals surface area (Å²) in [6, 6.07) is 8.50. The van der Waals surface area contributed by atoms with Gasteiger partial charge in [0.1, 0.15) is 0 Å². The Bertz CT molecular complexity index is 747. The number of nitrogens with one attached hydrogen (secondary N) is 2. The fraction of sp³-hybridized carbons (Fsp3) is 0.474. The molecule has 3 rings (SSSR count). The van der Waals surface area contributed by atoms with Gasteiger partial charge in [-0.25, -0.2) is 4.79 Å². The van der Waals surface area contributed by atoms with Crippen molar-refractivity contribution in [2.24, 2.45) is 0 Å². The Kier molecular flexibility index (Phi) is 5.26. The van der Waals surface area contributed by atoms with Crippen molar-refractivity contribution >= 4 is 22.8 Å². The molecule has 0 saturated carbocycles.